The second kappa shape index (κ2) is 4.96. The highest BCUT2D eigenvalue weighted by molar-refractivity contribution is 7.07. The minimum atomic E-state index is -2.31. The lowest BCUT2D eigenvalue weighted by molar-refractivity contribution is -0.161. The number of carbonyl (C=O) groups is 3. The van der Waals surface area contributed by atoms with E-state index in [1.54, 1.807) is 16.8 Å². The first-order valence-corrected chi connectivity index (χ1v) is 5.59. The van der Waals surface area contributed by atoms with E-state index in [4.69, 9.17) is 10.2 Å². The van der Waals surface area contributed by atoms with Gasteiger partial charge in [-0.1, -0.05) is 0 Å². The summed E-state index contributed by atoms with van der Waals surface area (Å²) >= 11 is 1.32. The van der Waals surface area contributed by atoms with Gasteiger partial charge in [-0.3, -0.25) is 4.79 Å². The van der Waals surface area contributed by atoms with Gasteiger partial charge in [-0.2, -0.15) is 11.3 Å². The fourth-order valence-electron chi connectivity index (χ4n) is 1.39. The summed E-state index contributed by atoms with van der Waals surface area (Å²) in [5.74, 6) is -3.89. The Labute approximate surface area is 101 Å². The number of carboxylic acid groups (broad SMARTS) is 2. The Morgan fingerprint density at radius 3 is 2.29 bits per heavy atom. The summed E-state index contributed by atoms with van der Waals surface area (Å²) < 4.78 is 0. The first-order valence-electron chi connectivity index (χ1n) is 4.65. The molecule has 1 aromatic heterocycles. The third-order valence-electron chi connectivity index (χ3n) is 2.17. The molecule has 1 amide bonds. The molecule has 0 aliphatic carbocycles. The second-order valence-corrected chi connectivity index (χ2v) is 4.29. The minimum absolute atomic E-state index is 0.291. The van der Waals surface area contributed by atoms with Crippen LogP contribution in [0.1, 0.15) is 12.5 Å². The van der Waals surface area contributed by atoms with Crippen LogP contribution in [-0.4, -0.2) is 33.6 Å². The van der Waals surface area contributed by atoms with E-state index >= 15 is 0 Å². The van der Waals surface area contributed by atoms with Gasteiger partial charge in [0.2, 0.25) is 11.4 Å². The smallest absolute Gasteiger partial charge is 0.341 e. The lowest BCUT2D eigenvalue weighted by Crippen LogP contribution is -2.61. The predicted molar refractivity (Wildman–Crippen MR) is 59.8 cm³/mol. The van der Waals surface area contributed by atoms with Gasteiger partial charge in [-0.15, -0.1) is 0 Å². The predicted octanol–water partition coefficient (Wildman–Crippen LogP) is 0.335. The van der Waals surface area contributed by atoms with E-state index in [1.165, 1.54) is 11.3 Å². The zero-order valence-corrected chi connectivity index (χ0v) is 9.78. The van der Waals surface area contributed by atoms with Crippen molar-refractivity contribution in [2.24, 2.45) is 0 Å². The molecular formula is C10H11NO5S. The number of carboxylic acids is 2. The van der Waals surface area contributed by atoms with Crippen molar-refractivity contribution < 1.29 is 24.6 Å². The summed E-state index contributed by atoms with van der Waals surface area (Å²) in [7, 11) is 0. The molecule has 1 rings (SSSR count). The molecule has 0 saturated heterocycles. The number of rotatable bonds is 5. The van der Waals surface area contributed by atoms with E-state index in [2.05, 4.69) is 0 Å². The molecule has 0 atom stereocenters. The van der Waals surface area contributed by atoms with E-state index in [-0.39, 0.29) is 6.42 Å². The highest BCUT2D eigenvalue weighted by Gasteiger charge is 2.47. The maximum atomic E-state index is 11.1. The van der Waals surface area contributed by atoms with E-state index < -0.39 is 23.4 Å². The number of aliphatic carboxylic acids is 2. The van der Waals surface area contributed by atoms with Crippen LogP contribution in [0.15, 0.2) is 16.8 Å². The fourth-order valence-corrected chi connectivity index (χ4v) is 2.06. The summed E-state index contributed by atoms with van der Waals surface area (Å²) in [6.07, 6.45) is -0.291. The van der Waals surface area contributed by atoms with Crippen molar-refractivity contribution in [2.45, 2.75) is 18.9 Å². The van der Waals surface area contributed by atoms with Gasteiger partial charge >= 0.3 is 11.9 Å². The molecular weight excluding hydrogens is 246 g/mol. The first-order chi connectivity index (χ1) is 7.88. The molecule has 0 unspecified atom stereocenters. The van der Waals surface area contributed by atoms with Crippen LogP contribution in [0.25, 0.3) is 0 Å². The lowest BCUT2D eigenvalue weighted by atomic mass is 9.92. The summed E-state index contributed by atoms with van der Waals surface area (Å²) in [5, 5.41) is 23.4. The van der Waals surface area contributed by atoms with Crippen LogP contribution in [0.5, 0.6) is 0 Å². The van der Waals surface area contributed by atoms with Crippen LogP contribution in [0.4, 0.5) is 0 Å². The van der Waals surface area contributed by atoms with Gasteiger partial charge in [-0.05, 0) is 22.4 Å². The molecule has 0 saturated carbocycles. The number of carbonyl (C=O) groups excluding carboxylic acids is 1. The Balaban J connectivity index is 3.10. The van der Waals surface area contributed by atoms with E-state index in [9.17, 15) is 14.4 Å². The Morgan fingerprint density at radius 1 is 1.35 bits per heavy atom. The molecule has 0 radical (unpaired) electrons. The average molecular weight is 257 g/mol. The van der Waals surface area contributed by atoms with Crippen molar-refractivity contribution in [3.8, 4) is 0 Å². The Hall–Kier alpha value is -1.89. The quantitative estimate of drug-likeness (QED) is 0.660. The van der Waals surface area contributed by atoms with E-state index in [1.807, 2.05) is 5.32 Å². The second-order valence-electron chi connectivity index (χ2n) is 3.51. The van der Waals surface area contributed by atoms with Crippen LogP contribution >= 0.6 is 11.3 Å². The van der Waals surface area contributed by atoms with Crippen LogP contribution < -0.4 is 5.32 Å². The molecule has 0 fully saturated rings. The Kier molecular flexibility index (Phi) is 3.84. The molecule has 6 nitrogen and oxygen atoms in total. The fraction of sp³-hybridized carbons (Fsp3) is 0.300. The van der Waals surface area contributed by atoms with Crippen molar-refractivity contribution in [3.63, 3.8) is 0 Å². The van der Waals surface area contributed by atoms with Gasteiger partial charge in [0, 0.05) is 13.3 Å². The van der Waals surface area contributed by atoms with Crippen molar-refractivity contribution in [3.05, 3.63) is 22.4 Å². The first kappa shape index (κ1) is 13.2. The third-order valence-corrected chi connectivity index (χ3v) is 2.90. The zero-order chi connectivity index (χ0) is 13.1. The van der Waals surface area contributed by atoms with Gasteiger partial charge in [0.05, 0.1) is 0 Å². The zero-order valence-electron chi connectivity index (χ0n) is 8.97. The summed E-state index contributed by atoms with van der Waals surface area (Å²) in [5.41, 5.74) is -1.76. The summed E-state index contributed by atoms with van der Waals surface area (Å²) in [4.78, 5) is 33.2. The maximum absolute atomic E-state index is 11.1. The summed E-state index contributed by atoms with van der Waals surface area (Å²) in [6.45, 7) is 1.08. The molecule has 0 aliphatic heterocycles. The molecule has 0 bridgehead atoms. The third kappa shape index (κ3) is 2.82. The SMILES string of the molecule is CC(=O)NC(Cc1ccsc1)(C(=O)O)C(=O)O. The molecule has 1 aromatic rings. The number of hydrogen-bond donors (Lipinski definition) is 3. The standard InChI is InChI=1S/C10H11NO5S/c1-6(12)11-10(8(13)14,9(15)16)4-7-2-3-17-5-7/h2-3,5H,4H2,1H3,(H,11,12)(H,13,14)(H,15,16). The highest BCUT2D eigenvalue weighted by atomic mass is 32.1. The van der Waals surface area contributed by atoms with Crippen molar-refractivity contribution in [2.75, 3.05) is 0 Å². The average Bonchev–Trinajstić information content (AvgIpc) is 2.67. The van der Waals surface area contributed by atoms with Gasteiger partial charge in [0.15, 0.2) is 0 Å². The normalized spacial score (nSPS) is 10.9. The molecule has 3 N–H and O–H groups in total. The molecule has 1 heterocycles. The van der Waals surface area contributed by atoms with Gasteiger partial charge < -0.3 is 15.5 Å². The molecule has 17 heavy (non-hydrogen) atoms. The molecule has 0 spiro atoms. The van der Waals surface area contributed by atoms with Crippen molar-refractivity contribution >= 4 is 29.2 Å². The number of hydrogen-bond acceptors (Lipinski definition) is 4. The van der Waals surface area contributed by atoms with Crippen LogP contribution in [0, 0.1) is 0 Å². The van der Waals surface area contributed by atoms with Gasteiger partial charge in [0.1, 0.15) is 0 Å². The summed E-state index contributed by atoms with van der Waals surface area (Å²) in [6, 6.07) is 1.62. The van der Waals surface area contributed by atoms with Crippen LogP contribution in [0.2, 0.25) is 0 Å². The number of amides is 1. The Bertz CT molecular complexity index is 426. The molecule has 0 aromatic carbocycles. The van der Waals surface area contributed by atoms with Crippen molar-refractivity contribution in [1.82, 2.24) is 5.32 Å². The molecule has 0 aliphatic rings. The monoisotopic (exact) mass is 257 g/mol. The van der Waals surface area contributed by atoms with Gasteiger partial charge in [-0.25, -0.2) is 9.59 Å². The maximum Gasteiger partial charge on any atom is 0.341 e. The molecule has 7 heteroatoms. The topological polar surface area (TPSA) is 104 Å². The highest BCUT2D eigenvalue weighted by Crippen LogP contribution is 2.17. The largest absolute Gasteiger partial charge is 0.479 e. The Morgan fingerprint density at radius 2 is 1.94 bits per heavy atom. The van der Waals surface area contributed by atoms with Crippen LogP contribution in [-0.2, 0) is 20.8 Å². The van der Waals surface area contributed by atoms with Crippen molar-refractivity contribution in [1.29, 1.82) is 0 Å². The number of nitrogens with one attached hydrogen (secondary N) is 1. The van der Waals surface area contributed by atoms with E-state index in [0.717, 1.165) is 6.92 Å². The lowest BCUT2D eigenvalue weighted by Gasteiger charge is -2.25. The van der Waals surface area contributed by atoms with Gasteiger partial charge in [0.25, 0.3) is 0 Å². The number of thiophene rings is 1. The molecule has 92 valence electrons. The van der Waals surface area contributed by atoms with E-state index in [0.29, 0.717) is 5.56 Å². The van der Waals surface area contributed by atoms with Crippen LogP contribution in [0.3, 0.4) is 0 Å². The minimum Gasteiger partial charge on any atom is -0.479 e.